The second kappa shape index (κ2) is 12.5. The highest BCUT2D eigenvalue weighted by Gasteiger charge is 2.25. The minimum atomic E-state index is -0.833. The van der Waals surface area contributed by atoms with Gasteiger partial charge in [-0.2, -0.15) is 0 Å². The van der Waals surface area contributed by atoms with E-state index in [0.717, 1.165) is 28.4 Å². The zero-order valence-electron chi connectivity index (χ0n) is 21.7. The third kappa shape index (κ3) is 6.60. The number of nitrogens with zero attached hydrogens (tertiary/aromatic N) is 4. The highest BCUT2D eigenvalue weighted by molar-refractivity contribution is 5.95. The first-order valence-corrected chi connectivity index (χ1v) is 12.0. The van der Waals surface area contributed by atoms with Crippen molar-refractivity contribution in [3.05, 3.63) is 87.9 Å². The summed E-state index contributed by atoms with van der Waals surface area (Å²) in [5, 5.41) is 22.9. The summed E-state index contributed by atoms with van der Waals surface area (Å²) >= 11 is 0. The van der Waals surface area contributed by atoms with Crippen molar-refractivity contribution in [1.82, 2.24) is 24.7 Å². The van der Waals surface area contributed by atoms with Crippen molar-refractivity contribution in [2.24, 2.45) is 5.73 Å². The van der Waals surface area contributed by atoms with Crippen LogP contribution in [0.3, 0.4) is 0 Å². The van der Waals surface area contributed by atoms with Crippen LogP contribution < -0.4 is 26.2 Å². The van der Waals surface area contributed by atoms with E-state index >= 15 is 0 Å². The Morgan fingerprint density at radius 2 is 1.93 bits per heavy atom. The molecule has 0 saturated heterocycles. The predicted molar refractivity (Wildman–Crippen MR) is 144 cm³/mol. The molecule has 2 aromatic carbocycles. The van der Waals surface area contributed by atoms with E-state index < -0.39 is 17.7 Å². The standard InChI is InChI=1S/C24H24N8O4.C2H4O2/c1-34-18-12-15(11-16-13-35-9-10-36-20(16)18)19(29-17-5-3-14(4-6-17)21(25)26)22-30-24(33)32(31-22)23-27-7-2-8-28-23;1-2(3)4/h2-8,11-12,19,29H,9-10,13H2,1H3,(H3,25,26)(H,30,31,33);1H3,(H,3,4). The maximum Gasteiger partial charge on any atom is 0.350 e. The molecule has 5 rings (SSSR count). The molecule has 1 aliphatic rings. The van der Waals surface area contributed by atoms with Crippen LogP contribution in [0.25, 0.3) is 5.95 Å². The van der Waals surface area contributed by atoms with Crippen molar-refractivity contribution < 1.29 is 24.1 Å². The number of benzene rings is 2. The van der Waals surface area contributed by atoms with Crippen molar-refractivity contribution in [3.8, 4) is 17.4 Å². The number of fused-ring (bicyclic) bond motifs is 1. The number of aromatic amines is 1. The number of H-pyrrole nitrogens is 1. The van der Waals surface area contributed by atoms with Gasteiger partial charge in [0, 0.05) is 36.1 Å². The molecule has 14 nitrogen and oxygen atoms in total. The van der Waals surface area contributed by atoms with Gasteiger partial charge in [0.1, 0.15) is 18.5 Å². The lowest BCUT2D eigenvalue weighted by molar-refractivity contribution is -0.134. The number of carboxylic acids is 1. The van der Waals surface area contributed by atoms with Gasteiger partial charge >= 0.3 is 5.69 Å². The SMILES string of the molecule is CC(=O)O.COc1cc(C(Nc2ccc(C(=N)N)cc2)c2nn(-c3ncccn3)c(=O)[nH]2)cc2c1OCCOC2. The summed E-state index contributed by atoms with van der Waals surface area (Å²) < 4.78 is 18.2. The molecule has 2 aromatic heterocycles. The number of amidine groups is 1. The topological polar surface area (TPSA) is 203 Å². The van der Waals surface area contributed by atoms with Crippen molar-refractivity contribution in [2.75, 3.05) is 25.6 Å². The zero-order chi connectivity index (χ0) is 28.6. The molecule has 4 aromatic rings. The van der Waals surface area contributed by atoms with Crippen molar-refractivity contribution in [2.45, 2.75) is 19.6 Å². The number of carboxylic acid groups (broad SMARTS) is 1. The van der Waals surface area contributed by atoms with Gasteiger partial charge in [0.15, 0.2) is 17.3 Å². The smallest absolute Gasteiger partial charge is 0.350 e. The molecular formula is C26H28N8O6. The van der Waals surface area contributed by atoms with E-state index in [0.29, 0.717) is 42.7 Å². The van der Waals surface area contributed by atoms with E-state index in [4.69, 9.17) is 35.3 Å². The first-order chi connectivity index (χ1) is 19.3. The summed E-state index contributed by atoms with van der Waals surface area (Å²) in [6.45, 7) is 2.32. The fourth-order valence-electron chi connectivity index (χ4n) is 3.89. The highest BCUT2D eigenvalue weighted by Crippen LogP contribution is 2.38. The minimum Gasteiger partial charge on any atom is -0.493 e. The lowest BCUT2D eigenvalue weighted by Gasteiger charge is -2.21. The normalized spacial score (nSPS) is 12.9. The molecule has 0 fully saturated rings. The van der Waals surface area contributed by atoms with Gasteiger partial charge in [0.25, 0.3) is 11.9 Å². The molecule has 208 valence electrons. The molecule has 1 atom stereocenters. The Labute approximate surface area is 228 Å². The number of nitrogen functional groups attached to an aromatic ring is 1. The number of nitrogens with one attached hydrogen (secondary N) is 3. The van der Waals surface area contributed by atoms with E-state index in [1.54, 1.807) is 37.4 Å². The molecule has 0 radical (unpaired) electrons. The number of hydrogen-bond acceptors (Lipinski definition) is 10. The van der Waals surface area contributed by atoms with Crippen LogP contribution in [0.1, 0.15) is 35.5 Å². The Morgan fingerprint density at radius 1 is 1.23 bits per heavy atom. The van der Waals surface area contributed by atoms with Gasteiger partial charge in [-0.05, 0) is 48.0 Å². The first-order valence-electron chi connectivity index (χ1n) is 12.0. The highest BCUT2D eigenvalue weighted by atomic mass is 16.5. The second-order valence-corrected chi connectivity index (χ2v) is 8.48. The van der Waals surface area contributed by atoms with Gasteiger partial charge in [0.05, 0.1) is 20.3 Å². The van der Waals surface area contributed by atoms with Crippen LogP contribution in [-0.4, -0.2) is 62.0 Å². The average Bonchev–Trinajstić information content (AvgIpc) is 3.16. The van der Waals surface area contributed by atoms with Gasteiger partial charge in [-0.25, -0.2) is 14.8 Å². The molecule has 0 saturated carbocycles. The molecule has 0 bridgehead atoms. The molecule has 0 aliphatic carbocycles. The lowest BCUT2D eigenvalue weighted by atomic mass is 10.0. The van der Waals surface area contributed by atoms with Crippen LogP contribution in [0.5, 0.6) is 11.5 Å². The van der Waals surface area contributed by atoms with E-state index in [1.807, 2.05) is 12.1 Å². The van der Waals surface area contributed by atoms with E-state index in [2.05, 4.69) is 25.4 Å². The zero-order valence-corrected chi connectivity index (χ0v) is 21.7. The van der Waals surface area contributed by atoms with Crippen LogP contribution in [-0.2, 0) is 16.1 Å². The molecule has 1 unspecified atom stereocenters. The summed E-state index contributed by atoms with van der Waals surface area (Å²) in [6.07, 6.45) is 3.07. The van der Waals surface area contributed by atoms with Crippen molar-refractivity contribution >= 4 is 17.5 Å². The molecular weight excluding hydrogens is 520 g/mol. The third-order valence-corrected chi connectivity index (χ3v) is 5.60. The Hall–Kier alpha value is -5.24. The van der Waals surface area contributed by atoms with Crippen molar-refractivity contribution in [3.63, 3.8) is 0 Å². The number of rotatable bonds is 7. The van der Waals surface area contributed by atoms with Gasteiger partial charge in [-0.3, -0.25) is 15.2 Å². The molecule has 0 amide bonds. The molecule has 3 heterocycles. The number of hydrogen-bond donors (Lipinski definition) is 5. The fourth-order valence-corrected chi connectivity index (χ4v) is 3.89. The summed E-state index contributed by atoms with van der Waals surface area (Å²) in [7, 11) is 1.57. The monoisotopic (exact) mass is 548 g/mol. The summed E-state index contributed by atoms with van der Waals surface area (Å²) in [6, 6.07) is 11.9. The Balaban J connectivity index is 0.000000867. The summed E-state index contributed by atoms with van der Waals surface area (Å²) in [4.78, 5) is 32.9. The summed E-state index contributed by atoms with van der Waals surface area (Å²) in [5.41, 5.74) is 7.99. The average molecular weight is 549 g/mol. The number of nitrogens with two attached hydrogens (primary N) is 1. The Morgan fingerprint density at radius 3 is 2.58 bits per heavy atom. The summed E-state index contributed by atoms with van der Waals surface area (Å²) in [5.74, 6) is 0.788. The molecule has 6 N–H and O–H groups in total. The van der Waals surface area contributed by atoms with Gasteiger partial charge in [0.2, 0.25) is 0 Å². The lowest BCUT2D eigenvalue weighted by Crippen LogP contribution is -2.18. The first kappa shape index (κ1) is 27.8. The molecule has 14 heteroatoms. The quantitative estimate of drug-likeness (QED) is 0.166. The Bertz CT molecular complexity index is 1530. The Kier molecular flexibility index (Phi) is 8.71. The maximum absolute atomic E-state index is 12.8. The molecule has 40 heavy (non-hydrogen) atoms. The number of aliphatic carboxylic acids is 1. The second-order valence-electron chi connectivity index (χ2n) is 8.48. The van der Waals surface area contributed by atoms with Crippen molar-refractivity contribution in [1.29, 1.82) is 5.41 Å². The largest absolute Gasteiger partial charge is 0.493 e. The van der Waals surface area contributed by atoms with E-state index in [1.165, 1.54) is 12.4 Å². The number of methoxy groups -OCH3 is 1. The van der Waals surface area contributed by atoms with Crippen LogP contribution >= 0.6 is 0 Å². The van der Waals surface area contributed by atoms with Crippen LogP contribution in [0.4, 0.5) is 5.69 Å². The predicted octanol–water partition coefficient (Wildman–Crippen LogP) is 1.84. The maximum atomic E-state index is 12.8. The van der Waals surface area contributed by atoms with E-state index in [-0.39, 0.29) is 11.8 Å². The van der Waals surface area contributed by atoms with Gasteiger partial charge < -0.3 is 30.4 Å². The number of anilines is 1. The minimum absolute atomic E-state index is 0.0282. The van der Waals surface area contributed by atoms with Crippen LogP contribution in [0, 0.1) is 5.41 Å². The molecule has 0 spiro atoms. The van der Waals surface area contributed by atoms with E-state index in [9.17, 15) is 4.79 Å². The fraction of sp³-hybridized carbons (Fsp3) is 0.231. The van der Waals surface area contributed by atoms with Crippen LogP contribution in [0.2, 0.25) is 0 Å². The third-order valence-electron chi connectivity index (χ3n) is 5.60. The number of aromatic nitrogens is 5. The number of ether oxygens (including phenoxy) is 3. The number of carbonyl (C=O) groups is 1. The molecule has 1 aliphatic heterocycles. The van der Waals surface area contributed by atoms with Gasteiger partial charge in [-0.15, -0.1) is 9.78 Å². The van der Waals surface area contributed by atoms with Gasteiger partial charge in [-0.1, -0.05) is 0 Å². The van der Waals surface area contributed by atoms with Crippen LogP contribution in [0.15, 0.2) is 59.7 Å².